The lowest BCUT2D eigenvalue weighted by Gasteiger charge is -2.23. The molecular formula is C17H24N2O3. The van der Waals surface area contributed by atoms with Crippen LogP contribution in [0.5, 0.6) is 5.75 Å². The number of benzene rings is 1. The highest BCUT2D eigenvalue weighted by Gasteiger charge is 2.16. The standard InChI is InChI=1S/C17H24N2O3/c1-2-22-15-7-5-13(6-8-15)16(20)9-10-17(21)19-14-4-3-11-18-12-14/h5-8,14,18H,2-4,9-12H2,1H3,(H,19,21). The van der Waals surface area contributed by atoms with E-state index < -0.39 is 0 Å². The van der Waals surface area contributed by atoms with Gasteiger partial charge < -0.3 is 15.4 Å². The molecule has 1 saturated heterocycles. The molecule has 22 heavy (non-hydrogen) atoms. The molecule has 1 fully saturated rings. The van der Waals surface area contributed by atoms with E-state index in [9.17, 15) is 9.59 Å². The van der Waals surface area contributed by atoms with Gasteiger partial charge in [-0.1, -0.05) is 0 Å². The molecule has 1 aromatic carbocycles. The van der Waals surface area contributed by atoms with Crippen molar-refractivity contribution in [2.45, 2.75) is 38.6 Å². The highest BCUT2D eigenvalue weighted by Crippen LogP contribution is 2.14. The Morgan fingerprint density at radius 1 is 1.27 bits per heavy atom. The van der Waals surface area contributed by atoms with Crippen LogP contribution >= 0.6 is 0 Å². The first kappa shape index (κ1) is 16.5. The second kappa shape index (κ2) is 8.54. The fraction of sp³-hybridized carbons (Fsp3) is 0.529. The van der Waals surface area contributed by atoms with Gasteiger partial charge >= 0.3 is 0 Å². The van der Waals surface area contributed by atoms with Crippen LogP contribution in [0.25, 0.3) is 0 Å². The van der Waals surface area contributed by atoms with Crippen LogP contribution in [-0.4, -0.2) is 37.4 Å². The maximum Gasteiger partial charge on any atom is 0.220 e. The van der Waals surface area contributed by atoms with Gasteiger partial charge in [-0.15, -0.1) is 0 Å². The summed E-state index contributed by atoms with van der Waals surface area (Å²) in [4.78, 5) is 24.0. The van der Waals surface area contributed by atoms with Crippen LogP contribution in [0.4, 0.5) is 0 Å². The molecule has 120 valence electrons. The number of rotatable bonds is 7. The van der Waals surface area contributed by atoms with E-state index in [4.69, 9.17) is 4.74 Å². The van der Waals surface area contributed by atoms with Gasteiger partial charge in [0.15, 0.2) is 5.78 Å². The van der Waals surface area contributed by atoms with Crippen LogP contribution in [-0.2, 0) is 4.79 Å². The van der Waals surface area contributed by atoms with Gasteiger partial charge in [-0.05, 0) is 50.6 Å². The maximum atomic E-state index is 12.1. The summed E-state index contributed by atoms with van der Waals surface area (Å²) in [6, 6.07) is 7.25. The molecule has 1 aliphatic rings. The van der Waals surface area contributed by atoms with Gasteiger partial charge in [0.05, 0.1) is 6.61 Å². The van der Waals surface area contributed by atoms with Crippen LogP contribution in [0.2, 0.25) is 0 Å². The molecule has 2 rings (SSSR count). The van der Waals surface area contributed by atoms with Crippen LogP contribution in [0.15, 0.2) is 24.3 Å². The third-order valence-corrected chi connectivity index (χ3v) is 3.73. The van der Waals surface area contributed by atoms with Crippen LogP contribution < -0.4 is 15.4 Å². The van der Waals surface area contributed by atoms with Crippen molar-refractivity contribution >= 4 is 11.7 Å². The zero-order chi connectivity index (χ0) is 15.8. The first-order chi connectivity index (χ1) is 10.7. The van der Waals surface area contributed by atoms with Gasteiger partial charge in [-0.25, -0.2) is 0 Å². The van der Waals surface area contributed by atoms with Crippen molar-refractivity contribution in [1.29, 1.82) is 0 Å². The molecule has 0 bridgehead atoms. The first-order valence-electron chi connectivity index (χ1n) is 7.95. The van der Waals surface area contributed by atoms with Gasteiger partial charge in [0.1, 0.15) is 5.75 Å². The summed E-state index contributed by atoms with van der Waals surface area (Å²) in [6.07, 6.45) is 2.56. The number of hydrogen-bond donors (Lipinski definition) is 2. The fourth-order valence-corrected chi connectivity index (χ4v) is 2.55. The summed E-state index contributed by atoms with van der Waals surface area (Å²) >= 11 is 0. The molecule has 5 heteroatoms. The monoisotopic (exact) mass is 304 g/mol. The molecule has 2 N–H and O–H groups in total. The number of Topliss-reactive ketones (excluding diaryl/α,β-unsaturated/α-hetero) is 1. The van der Waals surface area contributed by atoms with Crippen molar-refractivity contribution in [2.24, 2.45) is 0 Å². The third-order valence-electron chi connectivity index (χ3n) is 3.73. The molecule has 0 aromatic heterocycles. The van der Waals surface area contributed by atoms with Gasteiger partial charge in [-0.3, -0.25) is 9.59 Å². The number of hydrogen-bond acceptors (Lipinski definition) is 4. The van der Waals surface area contributed by atoms with E-state index in [2.05, 4.69) is 10.6 Å². The largest absolute Gasteiger partial charge is 0.494 e. The van der Waals surface area contributed by atoms with Gasteiger partial charge in [0.2, 0.25) is 5.91 Å². The molecule has 0 saturated carbocycles. The van der Waals surface area contributed by atoms with E-state index in [1.807, 2.05) is 6.92 Å². The molecule has 0 radical (unpaired) electrons. The van der Waals surface area contributed by atoms with Crippen molar-refractivity contribution in [3.63, 3.8) is 0 Å². The normalized spacial score (nSPS) is 17.8. The van der Waals surface area contributed by atoms with E-state index >= 15 is 0 Å². The number of amides is 1. The Labute approximate surface area is 131 Å². The zero-order valence-electron chi connectivity index (χ0n) is 13.1. The Morgan fingerprint density at radius 2 is 2.05 bits per heavy atom. The minimum absolute atomic E-state index is 0.0139. The minimum atomic E-state index is -0.0482. The predicted octanol–water partition coefficient (Wildman–Crippen LogP) is 1.92. The molecular weight excluding hydrogens is 280 g/mol. The van der Waals surface area contributed by atoms with E-state index in [1.54, 1.807) is 24.3 Å². The minimum Gasteiger partial charge on any atom is -0.494 e. The van der Waals surface area contributed by atoms with Crippen molar-refractivity contribution in [3.05, 3.63) is 29.8 Å². The lowest BCUT2D eigenvalue weighted by Crippen LogP contribution is -2.45. The van der Waals surface area contributed by atoms with Crippen LogP contribution in [0.3, 0.4) is 0 Å². The Balaban J connectivity index is 1.75. The van der Waals surface area contributed by atoms with Crippen molar-refractivity contribution in [2.75, 3.05) is 19.7 Å². The summed E-state index contributed by atoms with van der Waals surface area (Å²) in [6.45, 7) is 4.35. The number of carbonyl (C=O) groups excluding carboxylic acids is 2. The van der Waals surface area contributed by atoms with Crippen molar-refractivity contribution < 1.29 is 14.3 Å². The predicted molar refractivity (Wildman–Crippen MR) is 85.2 cm³/mol. The summed E-state index contributed by atoms with van der Waals surface area (Å²) in [7, 11) is 0. The third kappa shape index (κ3) is 5.15. The highest BCUT2D eigenvalue weighted by molar-refractivity contribution is 5.98. The van der Waals surface area contributed by atoms with E-state index in [0.717, 1.165) is 31.7 Å². The second-order valence-corrected chi connectivity index (χ2v) is 5.49. The SMILES string of the molecule is CCOc1ccc(C(=O)CCC(=O)NC2CCCNC2)cc1. The Morgan fingerprint density at radius 3 is 2.68 bits per heavy atom. The van der Waals surface area contributed by atoms with Crippen molar-refractivity contribution in [1.82, 2.24) is 10.6 Å². The number of ketones is 1. The molecule has 1 amide bonds. The molecule has 1 unspecified atom stereocenters. The van der Waals surface area contributed by atoms with Gasteiger partial charge in [-0.2, -0.15) is 0 Å². The number of nitrogens with one attached hydrogen (secondary N) is 2. The summed E-state index contributed by atoms with van der Waals surface area (Å²) in [5, 5.41) is 6.23. The average Bonchev–Trinajstić information content (AvgIpc) is 2.54. The Hall–Kier alpha value is -1.88. The Bertz CT molecular complexity index is 493. The molecule has 1 atom stereocenters. The van der Waals surface area contributed by atoms with Crippen molar-refractivity contribution in [3.8, 4) is 5.75 Å². The van der Waals surface area contributed by atoms with Crippen LogP contribution in [0.1, 0.15) is 43.0 Å². The molecule has 0 spiro atoms. The van der Waals surface area contributed by atoms with Gasteiger partial charge in [0.25, 0.3) is 0 Å². The second-order valence-electron chi connectivity index (χ2n) is 5.49. The lowest BCUT2D eigenvalue weighted by atomic mass is 10.0. The average molecular weight is 304 g/mol. The summed E-state index contributed by atoms with van der Waals surface area (Å²) < 4.78 is 5.34. The Kier molecular flexibility index (Phi) is 6.40. The molecule has 1 aromatic rings. The van der Waals surface area contributed by atoms with Gasteiger partial charge in [0, 0.05) is 31.0 Å². The quantitative estimate of drug-likeness (QED) is 0.755. The van der Waals surface area contributed by atoms with E-state index in [-0.39, 0.29) is 30.6 Å². The molecule has 0 aliphatic carbocycles. The molecule has 5 nitrogen and oxygen atoms in total. The fourth-order valence-electron chi connectivity index (χ4n) is 2.55. The highest BCUT2D eigenvalue weighted by atomic mass is 16.5. The summed E-state index contributed by atoms with van der Waals surface area (Å²) in [5.74, 6) is 0.689. The summed E-state index contributed by atoms with van der Waals surface area (Å²) in [5.41, 5.74) is 0.621. The van der Waals surface area contributed by atoms with E-state index in [0.29, 0.717) is 12.2 Å². The lowest BCUT2D eigenvalue weighted by molar-refractivity contribution is -0.121. The smallest absolute Gasteiger partial charge is 0.220 e. The maximum absolute atomic E-state index is 12.1. The number of ether oxygens (including phenoxy) is 1. The first-order valence-corrected chi connectivity index (χ1v) is 7.95. The zero-order valence-corrected chi connectivity index (χ0v) is 13.1. The number of piperidine rings is 1. The molecule has 1 heterocycles. The topological polar surface area (TPSA) is 67.4 Å². The van der Waals surface area contributed by atoms with Crippen LogP contribution in [0, 0.1) is 0 Å². The van der Waals surface area contributed by atoms with E-state index in [1.165, 1.54) is 0 Å². The number of carbonyl (C=O) groups is 2. The molecule has 1 aliphatic heterocycles.